The van der Waals surface area contributed by atoms with Gasteiger partial charge in [0.05, 0.1) is 21.1 Å². The van der Waals surface area contributed by atoms with Crippen LogP contribution in [-0.2, 0) is 9.59 Å². The van der Waals surface area contributed by atoms with E-state index in [0.29, 0.717) is 0 Å². The van der Waals surface area contributed by atoms with Gasteiger partial charge in [-0.2, -0.15) is 11.2 Å². The molecule has 0 spiro atoms. The number of amides is 1. The predicted octanol–water partition coefficient (Wildman–Crippen LogP) is -1.41. The molecular weight excluding hydrogens is 182 g/mol. The van der Waals surface area contributed by atoms with Gasteiger partial charge in [-0.15, -0.1) is 0 Å². The van der Waals surface area contributed by atoms with Gasteiger partial charge < -0.3 is 10.4 Å². The van der Waals surface area contributed by atoms with Crippen molar-refractivity contribution in [2.24, 2.45) is 0 Å². The van der Waals surface area contributed by atoms with Crippen LogP contribution in [0.25, 0.3) is 0 Å². The van der Waals surface area contributed by atoms with Crippen molar-refractivity contribution in [2.45, 2.75) is 11.7 Å². The molecule has 0 fully saturated rings. The molecule has 4 nitrogen and oxygen atoms in total. The Balaban J connectivity index is 3.94. The van der Waals surface area contributed by atoms with E-state index in [9.17, 15) is 9.59 Å². The fraction of sp³-hybridized carbons (Fsp3) is 0.600. The molecule has 0 heterocycles. The van der Waals surface area contributed by atoms with Gasteiger partial charge in [-0.3, -0.25) is 9.59 Å². The van der Waals surface area contributed by atoms with E-state index in [4.69, 9.17) is 5.11 Å². The van der Waals surface area contributed by atoms with Crippen LogP contribution < -0.4 is 5.32 Å². The maximum absolute atomic E-state index is 10.9. The Morgan fingerprint density at radius 2 is 2.27 bits per heavy atom. The van der Waals surface area contributed by atoms with Crippen LogP contribution in [-0.4, -0.2) is 38.7 Å². The summed E-state index contributed by atoms with van der Waals surface area (Å²) in [6, 6.07) is 0. The molecule has 0 aromatic carbocycles. The van der Waals surface area contributed by atoms with Crippen LogP contribution in [0.4, 0.5) is 0 Å². The second-order valence-corrected chi connectivity index (χ2v) is 4.39. The highest BCUT2D eigenvalue weighted by atomic mass is 32.4. The maximum atomic E-state index is 10.9. The third-order valence-electron chi connectivity index (χ3n) is 1.18. The van der Waals surface area contributed by atoms with Gasteiger partial charge >= 0.3 is 5.97 Å². The Labute approximate surface area is 71.8 Å². The van der Waals surface area contributed by atoms with Gasteiger partial charge in [-0.05, 0) is 0 Å². The van der Waals surface area contributed by atoms with E-state index in [0.717, 1.165) is 9.39 Å². The number of aliphatic carboxylic acids is 1. The van der Waals surface area contributed by atoms with Crippen molar-refractivity contribution in [1.29, 1.82) is 0 Å². The standard InChI is InChI=1S/C5H11NO3SSi/c1-6-5(9)3(10-11)2-4(7)8/h3H,2H2,1,11H3,(H,6,9)(H,7,8). The van der Waals surface area contributed by atoms with Crippen molar-refractivity contribution in [1.82, 2.24) is 5.32 Å². The molecule has 0 rings (SSSR count). The fourth-order valence-electron chi connectivity index (χ4n) is 0.603. The van der Waals surface area contributed by atoms with Gasteiger partial charge in [0.2, 0.25) is 5.91 Å². The number of hydrogen-bond donors (Lipinski definition) is 2. The van der Waals surface area contributed by atoms with Crippen LogP contribution in [0.3, 0.4) is 0 Å². The Kier molecular flexibility index (Phi) is 4.96. The monoisotopic (exact) mass is 193 g/mol. The summed E-state index contributed by atoms with van der Waals surface area (Å²) in [5.41, 5.74) is 0. The SMILES string of the molecule is CNC(=O)C(CC(=O)O)S[SiH3]. The summed E-state index contributed by atoms with van der Waals surface area (Å²) in [7, 11) is 2.28. The lowest BCUT2D eigenvalue weighted by Gasteiger charge is -2.09. The lowest BCUT2D eigenvalue weighted by Crippen LogP contribution is -2.31. The van der Waals surface area contributed by atoms with E-state index in [1.807, 2.05) is 0 Å². The zero-order valence-electron chi connectivity index (χ0n) is 6.46. The van der Waals surface area contributed by atoms with E-state index in [1.165, 1.54) is 18.3 Å². The molecule has 0 aromatic rings. The first kappa shape index (κ1) is 10.5. The topological polar surface area (TPSA) is 66.4 Å². The highest BCUT2D eigenvalue weighted by molar-refractivity contribution is 8.20. The number of nitrogens with one attached hydrogen (secondary N) is 1. The third-order valence-corrected chi connectivity index (χ3v) is 3.84. The van der Waals surface area contributed by atoms with Crippen molar-refractivity contribution >= 4 is 32.5 Å². The first-order valence-electron chi connectivity index (χ1n) is 3.08. The zero-order chi connectivity index (χ0) is 8.85. The molecule has 0 saturated carbocycles. The van der Waals surface area contributed by atoms with Crippen LogP contribution in [0.15, 0.2) is 0 Å². The van der Waals surface area contributed by atoms with Gasteiger partial charge in [0.1, 0.15) is 0 Å². The molecule has 0 aromatic heterocycles. The van der Waals surface area contributed by atoms with Crippen molar-refractivity contribution < 1.29 is 14.7 Å². The Morgan fingerprint density at radius 1 is 1.73 bits per heavy atom. The van der Waals surface area contributed by atoms with Crippen molar-refractivity contribution in [2.75, 3.05) is 7.05 Å². The highest BCUT2D eigenvalue weighted by Crippen LogP contribution is 2.09. The smallest absolute Gasteiger partial charge is 0.304 e. The van der Waals surface area contributed by atoms with Crippen molar-refractivity contribution in [3.8, 4) is 0 Å². The minimum atomic E-state index is -0.929. The van der Waals surface area contributed by atoms with Gasteiger partial charge in [0.15, 0.2) is 0 Å². The minimum Gasteiger partial charge on any atom is -0.481 e. The first-order valence-corrected chi connectivity index (χ1v) is 6.81. The van der Waals surface area contributed by atoms with E-state index in [-0.39, 0.29) is 12.3 Å². The minimum absolute atomic E-state index is 0.0894. The average Bonchev–Trinajstić information content (AvgIpc) is 1.98. The average molecular weight is 193 g/mol. The first-order chi connectivity index (χ1) is 5.11. The molecule has 0 bridgehead atoms. The summed E-state index contributed by atoms with van der Waals surface area (Å²) in [4.78, 5) is 21.1. The molecule has 0 saturated heterocycles. The molecule has 11 heavy (non-hydrogen) atoms. The number of carbonyl (C=O) groups is 2. The number of carbonyl (C=O) groups excluding carboxylic acids is 1. The van der Waals surface area contributed by atoms with E-state index < -0.39 is 11.2 Å². The van der Waals surface area contributed by atoms with E-state index in [1.54, 1.807) is 0 Å². The molecular formula is C5H11NO3SSi. The maximum Gasteiger partial charge on any atom is 0.304 e. The van der Waals surface area contributed by atoms with Gasteiger partial charge in [-0.1, -0.05) is 0 Å². The van der Waals surface area contributed by atoms with Crippen LogP contribution in [0.5, 0.6) is 0 Å². The van der Waals surface area contributed by atoms with Crippen LogP contribution in [0, 0.1) is 0 Å². The number of rotatable bonds is 4. The predicted molar refractivity (Wildman–Crippen MR) is 47.6 cm³/mol. The van der Waals surface area contributed by atoms with E-state index >= 15 is 0 Å². The van der Waals surface area contributed by atoms with Crippen LogP contribution in [0.2, 0.25) is 0 Å². The van der Waals surface area contributed by atoms with Gasteiger partial charge in [-0.25, -0.2) is 0 Å². The Bertz CT molecular complexity index is 164. The quantitative estimate of drug-likeness (QED) is 0.538. The second kappa shape index (κ2) is 5.20. The normalized spacial score (nSPS) is 12.5. The summed E-state index contributed by atoms with van der Waals surface area (Å²) >= 11 is 1.38. The summed E-state index contributed by atoms with van der Waals surface area (Å²) in [5.74, 6) is -1.13. The number of carboxylic acid groups (broad SMARTS) is 1. The Morgan fingerprint density at radius 3 is 2.55 bits per heavy atom. The molecule has 1 atom stereocenters. The molecule has 2 N–H and O–H groups in total. The number of carboxylic acids is 1. The molecule has 0 aliphatic heterocycles. The molecule has 1 amide bonds. The van der Waals surface area contributed by atoms with Gasteiger partial charge in [0.25, 0.3) is 0 Å². The summed E-state index contributed by atoms with van der Waals surface area (Å²) < 4.78 is 0. The summed E-state index contributed by atoms with van der Waals surface area (Å²) in [6.45, 7) is 0. The zero-order valence-corrected chi connectivity index (χ0v) is 9.27. The highest BCUT2D eigenvalue weighted by Gasteiger charge is 2.18. The molecule has 0 aliphatic carbocycles. The second-order valence-electron chi connectivity index (χ2n) is 1.94. The van der Waals surface area contributed by atoms with Gasteiger partial charge in [0, 0.05) is 7.05 Å². The summed E-state index contributed by atoms with van der Waals surface area (Å²) in [6.07, 6.45) is -0.0894. The molecule has 64 valence electrons. The summed E-state index contributed by atoms with van der Waals surface area (Å²) in [5, 5.41) is 10.4. The largest absolute Gasteiger partial charge is 0.481 e. The number of hydrogen-bond acceptors (Lipinski definition) is 3. The molecule has 0 radical (unpaired) electrons. The molecule has 1 unspecified atom stereocenters. The Hall–Kier alpha value is -0.493. The lowest BCUT2D eigenvalue weighted by molar-refractivity contribution is -0.138. The van der Waals surface area contributed by atoms with Crippen molar-refractivity contribution in [3.63, 3.8) is 0 Å². The van der Waals surface area contributed by atoms with Crippen LogP contribution in [0.1, 0.15) is 6.42 Å². The van der Waals surface area contributed by atoms with E-state index in [2.05, 4.69) is 5.32 Å². The van der Waals surface area contributed by atoms with Crippen LogP contribution >= 0.6 is 11.2 Å². The molecule has 0 aliphatic rings. The molecule has 6 heteroatoms. The lowest BCUT2D eigenvalue weighted by atomic mass is 10.3. The fourth-order valence-corrected chi connectivity index (χ4v) is 2.39. The third kappa shape index (κ3) is 4.05. The van der Waals surface area contributed by atoms with Crippen molar-refractivity contribution in [3.05, 3.63) is 0 Å².